The lowest BCUT2D eigenvalue weighted by atomic mass is 9.97. The predicted molar refractivity (Wildman–Crippen MR) is 198 cm³/mol. The molecular weight excluding hydrogens is 707 g/mol. The number of hydrogen-bond acceptors (Lipinski definition) is 11. The molecule has 0 spiro atoms. The number of rotatable bonds is 18. The molecule has 3 atom stereocenters. The normalized spacial score (nSPS) is 15.8. The van der Waals surface area contributed by atoms with Crippen LogP contribution in [0.5, 0.6) is 0 Å². The van der Waals surface area contributed by atoms with Crippen LogP contribution in [0.2, 0.25) is 0 Å². The molecule has 0 unspecified atom stereocenters. The topological polar surface area (TPSA) is 176 Å². The maximum atomic E-state index is 14.1. The van der Waals surface area contributed by atoms with E-state index in [1.165, 1.54) is 51.0 Å². The minimum atomic E-state index is -4.10. The first-order valence-corrected chi connectivity index (χ1v) is 19.4. The number of aliphatic hydroxyl groups excluding tert-OH is 1. The van der Waals surface area contributed by atoms with Gasteiger partial charge in [0.25, 0.3) is 5.91 Å². The zero-order valence-electron chi connectivity index (χ0n) is 30.4. The Kier molecular flexibility index (Phi) is 14.0. The van der Waals surface area contributed by atoms with Gasteiger partial charge in [0.2, 0.25) is 15.9 Å². The number of carbonyl (C=O) groups is 3. The molecule has 52 heavy (non-hydrogen) atoms. The standard InChI is InChI=1S/C36H49N7O7S2/c1-24(2)18-41(52(49,50)29-14-12-27(13-15-29)17-37-48)20-31(44)30(16-26-10-8-7-9-11-26)39-35(46)34(25(3)4)43-22-33(45)42(36(43)47)19-28-23-51-32(38-28)21-40(5)6/h7-15,17,23-25,30-31,34,44,48H,16,18-22H2,1-6H3,(H,39,46)/b37-17+/t30-,31+,34-/m0/s1. The van der Waals surface area contributed by atoms with Gasteiger partial charge in [-0.2, -0.15) is 4.31 Å². The molecule has 16 heteroatoms. The zero-order chi connectivity index (χ0) is 38.2. The number of nitrogens with one attached hydrogen (secondary N) is 1. The number of aliphatic hydroxyl groups is 1. The fraction of sp³-hybridized carbons (Fsp3) is 0.472. The Labute approximate surface area is 309 Å². The number of hydrogen-bond donors (Lipinski definition) is 3. The SMILES string of the molecule is CC(C)CN(C[C@@H](O)[C@H](Cc1ccccc1)NC(=O)[C@H](C(C)C)N1CC(=O)N(Cc2csc(CN(C)C)n2)C1=O)S(=O)(=O)c1ccc(/C=N/O)cc1. The Morgan fingerprint density at radius 2 is 1.73 bits per heavy atom. The van der Waals surface area contributed by atoms with Crippen molar-refractivity contribution in [2.45, 2.75) is 70.3 Å². The van der Waals surface area contributed by atoms with E-state index in [0.29, 0.717) is 17.8 Å². The van der Waals surface area contributed by atoms with Gasteiger partial charge in [-0.05, 0) is 55.6 Å². The van der Waals surface area contributed by atoms with E-state index in [2.05, 4.69) is 15.5 Å². The van der Waals surface area contributed by atoms with Crippen molar-refractivity contribution in [1.29, 1.82) is 0 Å². The molecule has 3 N–H and O–H groups in total. The number of sulfonamides is 1. The molecule has 2 aromatic carbocycles. The number of thiazole rings is 1. The summed E-state index contributed by atoms with van der Waals surface area (Å²) in [6.45, 7) is 7.35. The number of aromatic nitrogens is 1. The van der Waals surface area contributed by atoms with Gasteiger partial charge in [0, 0.05) is 25.0 Å². The second-order valence-corrected chi connectivity index (χ2v) is 16.8. The van der Waals surface area contributed by atoms with E-state index in [0.717, 1.165) is 15.5 Å². The molecule has 2 heterocycles. The average Bonchev–Trinajstić information content (AvgIpc) is 3.63. The van der Waals surface area contributed by atoms with Crippen LogP contribution in [0.25, 0.3) is 0 Å². The Hall–Kier alpha value is -4.22. The van der Waals surface area contributed by atoms with Crippen LogP contribution in [0.4, 0.5) is 4.79 Å². The Balaban J connectivity index is 1.57. The number of oxime groups is 1. The van der Waals surface area contributed by atoms with Gasteiger partial charge >= 0.3 is 6.03 Å². The molecule has 282 valence electrons. The van der Waals surface area contributed by atoms with Gasteiger partial charge in [-0.3, -0.25) is 14.5 Å². The average molecular weight is 756 g/mol. The minimum Gasteiger partial charge on any atom is -0.411 e. The quantitative estimate of drug-likeness (QED) is 0.0762. The highest BCUT2D eigenvalue weighted by Gasteiger charge is 2.44. The maximum Gasteiger partial charge on any atom is 0.328 e. The van der Waals surface area contributed by atoms with Crippen LogP contribution >= 0.6 is 11.3 Å². The second kappa shape index (κ2) is 18.0. The Morgan fingerprint density at radius 1 is 1.06 bits per heavy atom. The second-order valence-electron chi connectivity index (χ2n) is 14.0. The molecule has 14 nitrogen and oxygen atoms in total. The Bertz CT molecular complexity index is 1800. The summed E-state index contributed by atoms with van der Waals surface area (Å²) in [5.74, 6) is -1.52. The number of carbonyl (C=O) groups excluding carboxylic acids is 3. The van der Waals surface area contributed by atoms with Crippen LogP contribution in [0, 0.1) is 11.8 Å². The van der Waals surface area contributed by atoms with Gasteiger partial charge in [-0.1, -0.05) is 75.3 Å². The van der Waals surface area contributed by atoms with E-state index in [1.807, 2.05) is 68.6 Å². The third-order valence-electron chi connectivity index (χ3n) is 8.46. The van der Waals surface area contributed by atoms with E-state index < -0.39 is 52.0 Å². The van der Waals surface area contributed by atoms with E-state index in [1.54, 1.807) is 13.8 Å². The molecule has 0 aliphatic carbocycles. The van der Waals surface area contributed by atoms with Gasteiger partial charge < -0.3 is 25.4 Å². The number of amides is 4. The number of urea groups is 1. The summed E-state index contributed by atoms with van der Waals surface area (Å²) in [6, 6.07) is 12.4. The molecule has 1 fully saturated rings. The van der Waals surface area contributed by atoms with Crippen LogP contribution in [-0.4, -0.2) is 119 Å². The maximum absolute atomic E-state index is 14.1. The van der Waals surface area contributed by atoms with Crippen LogP contribution in [0.3, 0.4) is 0 Å². The molecule has 1 aliphatic rings. The van der Waals surface area contributed by atoms with Gasteiger partial charge in [-0.25, -0.2) is 18.2 Å². The van der Waals surface area contributed by atoms with E-state index in [-0.39, 0.29) is 43.4 Å². The predicted octanol–water partition coefficient (Wildman–Crippen LogP) is 3.24. The molecule has 0 saturated carbocycles. The summed E-state index contributed by atoms with van der Waals surface area (Å²) in [5, 5.41) is 29.2. The highest BCUT2D eigenvalue weighted by molar-refractivity contribution is 7.89. The number of benzene rings is 2. The summed E-state index contributed by atoms with van der Waals surface area (Å²) in [5.41, 5.74) is 1.88. The third-order valence-corrected chi connectivity index (χ3v) is 11.2. The van der Waals surface area contributed by atoms with Crippen molar-refractivity contribution in [3.05, 3.63) is 81.8 Å². The molecule has 0 radical (unpaired) electrons. The molecule has 4 amide bonds. The highest BCUT2D eigenvalue weighted by Crippen LogP contribution is 2.24. The monoisotopic (exact) mass is 755 g/mol. The summed E-state index contributed by atoms with van der Waals surface area (Å²) < 4.78 is 29.0. The van der Waals surface area contributed by atoms with Crippen molar-refractivity contribution >= 4 is 45.4 Å². The molecule has 4 rings (SSSR count). The zero-order valence-corrected chi connectivity index (χ0v) is 32.0. The summed E-state index contributed by atoms with van der Waals surface area (Å²) in [4.78, 5) is 49.9. The third kappa shape index (κ3) is 10.4. The van der Waals surface area contributed by atoms with Gasteiger partial charge in [0.15, 0.2) is 0 Å². The molecule has 1 saturated heterocycles. The first kappa shape index (κ1) is 40.5. The van der Waals surface area contributed by atoms with Crippen molar-refractivity contribution in [2.24, 2.45) is 17.0 Å². The van der Waals surface area contributed by atoms with Crippen LogP contribution in [0.15, 0.2) is 70.0 Å². The van der Waals surface area contributed by atoms with Crippen LogP contribution in [-0.2, 0) is 39.1 Å². The fourth-order valence-corrected chi connectivity index (χ4v) is 8.56. The summed E-state index contributed by atoms with van der Waals surface area (Å²) >= 11 is 1.44. The van der Waals surface area contributed by atoms with E-state index >= 15 is 0 Å². The minimum absolute atomic E-state index is 0.00713. The van der Waals surface area contributed by atoms with Crippen molar-refractivity contribution in [2.75, 3.05) is 33.7 Å². The molecule has 1 aromatic heterocycles. The molecule has 0 bridgehead atoms. The lowest BCUT2D eigenvalue weighted by Crippen LogP contribution is -2.57. The molecular formula is C36H49N7O7S2. The smallest absolute Gasteiger partial charge is 0.328 e. The highest BCUT2D eigenvalue weighted by atomic mass is 32.2. The van der Waals surface area contributed by atoms with Gasteiger partial charge in [0.05, 0.1) is 35.5 Å². The Morgan fingerprint density at radius 3 is 2.33 bits per heavy atom. The molecule has 1 aliphatic heterocycles. The first-order valence-electron chi connectivity index (χ1n) is 17.1. The van der Waals surface area contributed by atoms with Gasteiger partial charge in [0.1, 0.15) is 17.6 Å². The van der Waals surface area contributed by atoms with Crippen molar-refractivity contribution in [3.63, 3.8) is 0 Å². The van der Waals surface area contributed by atoms with Crippen molar-refractivity contribution in [3.8, 4) is 0 Å². The summed E-state index contributed by atoms with van der Waals surface area (Å²) in [7, 11) is -0.251. The number of imide groups is 1. The van der Waals surface area contributed by atoms with Crippen LogP contribution in [0.1, 0.15) is 49.5 Å². The largest absolute Gasteiger partial charge is 0.411 e. The summed E-state index contributed by atoms with van der Waals surface area (Å²) in [6.07, 6.45) is -0.0134. The van der Waals surface area contributed by atoms with Crippen molar-refractivity contribution < 1.29 is 33.1 Å². The van der Waals surface area contributed by atoms with Crippen molar-refractivity contribution in [1.82, 2.24) is 29.3 Å². The molecule has 3 aromatic rings. The lowest BCUT2D eigenvalue weighted by molar-refractivity contribution is -0.129. The fourth-order valence-electron chi connectivity index (χ4n) is 6.04. The van der Waals surface area contributed by atoms with E-state index in [9.17, 15) is 27.9 Å². The van der Waals surface area contributed by atoms with E-state index in [4.69, 9.17) is 5.21 Å². The van der Waals surface area contributed by atoms with Gasteiger partial charge in [-0.15, -0.1) is 11.3 Å². The number of nitrogens with zero attached hydrogens (tertiary/aromatic N) is 6. The first-order chi connectivity index (χ1) is 24.6. The van der Waals surface area contributed by atoms with Crippen LogP contribution < -0.4 is 5.32 Å². The lowest BCUT2D eigenvalue weighted by Gasteiger charge is -2.34.